The smallest absolute Gasteiger partial charge is 0.316 e. The zero-order valence-corrected chi connectivity index (χ0v) is 10.6. The molecule has 1 aromatic heterocycles. The van der Waals surface area contributed by atoms with Gasteiger partial charge in [-0.25, -0.2) is 4.98 Å². The van der Waals surface area contributed by atoms with Crippen LogP contribution in [0.25, 0.3) is 0 Å². The number of nitrogens with zero attached hydrogens (tertiary/aromatic N) is 2. The van der Waals surface area contributed by atoms with Crippen molar-refractivity contribution < 1.29 is 4.74 Å². The second kappa shape index (κ2) is 5.45. The Bertz CT molecular complexity index is 369. The van der Waals surface area contributed by atoms with Crippen LogP contribution in [-0.2, 0) is 6.54 Å². The number of ether oxygens (including phenoxy) is 1. The molecule has 0 saturated heterocycles. The highest BCUT2D eigenvalue weighted by molar-refractivity contribution is 5.05. The van der Waals surface area contributed by atoms with E-state index < -0.39 is 0 Å². The fraction of sp³-hybridized carbons (Fsp3) is 0.692. The third-order valence-electron chi connectivity index (χ3n) is 3.72. The molecule has 3 unspecified atom stereocenters. The highest BCUT2D eigenvalue weighted by Crippen LogP contribution is 2.31. The summed E-state index contributed by atoms with van der Waals surface area (Å²) in [5.74, 6) is 1.51. The van der Waals surface area contributed by atoms with E-state index in [9.17, 15) is 0 Å². The van der Waals surface area contributed by atoms with E-state index in [1.165, 1.54) is 6.42 Å². The maximum atomic E-state index is 5.84. The van der Waals surface area contributed by atoms with Crippen LogP contribution in [0.1, 0.15) is 38.8 Å². The van der Waals surface area contributed by atoms with Gasteiger partial charge in [-0.3, -0.25) is 0 Å². The van der Waals surface area contributed by atoms with Crippen LogP contribution in [-0.4, -0.2) is 16.1 Å². The minimum Gasteiger partial charge on any atom is -0.460 e. The second-order valence-corrected chi connectivity index (χ2v) is 5.04. The third-order valence-corrected chi connectivity index (χ3v) is 3.72. The Labute approximate surface area is 103 Å². The van der Waals surface area contributed by atoms with Crippen molar-refractivity contribution in [1.29, 1.82) is 0 Å². The summed E-state index contributed by atoms with van der Waals surface area (Å²) >= 11 is 0. The molecule has 0 radical (unpaired) electrons. The predicted octanol–water partition coefficient (Wildman–Crippen LogP) is 2.14. The number of nitrogens with two attached hydrogens (primary N) is 1. The lowest BCUT2D eigenvalue weighted by Crippen LogP contribution is -2.29. The maximum absolute atomic E-state index is 5.84. The first-order valence-electron chi connectivity index (χ1n) is 6.37. The lowest BCUT2D eigenvalue weighted by atomic mass is 9.80. The van der Waals surface area contributed by atoms with Crippen LogP contribution in [0.2, 0.25) is 0 Å². The normalized spacial score (nSPS) is 29.0. The van der Waals surface area contributed by atoms with Crippen LogP contribution in [0.3, 0.4) is 0 Å². The van der Waals surface area contributed by atoms with Gasteiger partial charge >= 0.3 is 6.01 Å². The molecule has 0 spiro atoms. The summed E-state index contributed by atoms with van der Waals surface area (Å²) in [7, 11) is 0. The van der Waals surface area contributed by atoms with Gasteiger partial charge < -0.3 is 10.5 Å². The molecule has 1 aromatic rings. The summed E-state index contributed by atoms with van der Waals surface area (Å²) in [6.45, 7) is 5.03. The average molecular weight is 235 g/mol. The largest absolute Gasteiger partial charge is 0.460 e. The van der Waals surface area contributed by atoms with Gasteiger partial charge in [0.25, 0.3) is 0 Å². The molecule has 0 bridgehead atoms. The summed E-state index contributed by atoms with van der Waals surface area (Å²) in [6.07, 6.45) is 5.38. The van der Waals surface area contributed by atoms with Crippen molar-refractivity contribution in [2.24, 2.45) is 17.6 Å². The van der Waals surface area contributed by atoms with E-state index >= 15 is 0 Å². The summed E-state index contributed by atoms with van der Waals surface area (Å²) in [4.78, 5) is 8.41. The van der Waals surface area contributed by atoms with Crippen molar-refractivity contribution in [2.45, 2.75) is 45.8 Å². The Morgan fingerprint density at radius 2 is 2.18 bits per heavy atom. The molecule has 2 rings (SSSR count). The van der Waals surface area contributed by atoms with Gasteiger partial charge in [0.2, 0.25) is 0 Å². The van der Waals surface area contributed by atoms with Crippen molar-refractivity contribution in [3.63, 3.8) is 0 Å². The van der Waals surface area contributed by atoms with Crippen LogP contribution in [0, 0.1) is 11.8 Å². The Balaban J connectivity index is 1.96. The predicted molar refractivity (Wildman–Crippen MR) is 66.5 cm³/mol. The van der Waals surface area contributed by atoms with Gasteiger partial charge in [0.1, 0.15) is 6.10 Å². The van der Waals surface area contributed by atoms with Crippen molar-refractivity contribution >= 4 is 0 Å². The lowest BCUT2D eigenvalue weighted by Gasteiger charge is -2.31. The van der Waals surface area contributed by atoms with Gasteiger partial charge in [0.05, 0.1) is 5.69 Å². The molecule has 3 atom stereocenters. The summed E-state index contributed by atoms with van der Waals surface area (Å²) in [5.41, 5.74) is 6.37. The van der Waals surface area contributed by atoms with Crippen molar-refractivity contribution in [3.05, 3.63) is 18.0 Å². The Morgan fingerprint density at radius 3 is 2.88 bits per heavy atom. The first-order chi connectivity index (χ1) is 8.19. The maximum Gasteiger partial charge on any atom is 0.316 e. The van der Waals surface area contributed by atoms with E-state index in [-0.39, 0.29) is 6.10 Å². The van der Waals surface area contributed by atoms with Crippen LogP contribution >= 0.6 is 0 Å². The minimum absolute atomic E-state index is 0.259. The van der Waals surface area contributed by atoms with Crippen molar-refractivity contribution in [2.75, 3.05) is 0 Å². The van der Waals surface area contributed by atoms with Gasteiger partial charge in [-0.2, -0.15) is 4.98 Å². The lowest BCUT2D eigenvalue weighted by molar-refractivity contribution is 0.0917. The molecule has 2 N–H and O–H groups in total. The van der Waals surface area contributed by atoms with Crippen molar-refractivity contribution in [3.8, 4) is 6.01 Å². The SMILES string of the molecule is CC1CCC(Oc2nccc(CN)n2)CC1C. The first kappa shape index (κ1) is 12.3. The van der Waals surface area contributed by atoms with Crippen LogP contribution in [0.5, 0.6) is 6.01 Å². The minimum atomic E-state index is 0.259. The molecule has 94 valence electrons. The van der Waals surface area contributed by atoms with Gasteiger partial charge in [0.15, 0.2) is 0 Å². The summed E-state index contributed by atoms with van der Waals surface area (Å²) in [6, 6.07) is 2.29. The van der Waals surface area contributed by atoms with Crippen molar-refractivity contribution in [1.82, 2.24) is 9.97 Å². The molecule has 0 aliphatic heterocycles. The molecule has 1 saturated carbocycles. The van der Waals surface area contributed by atoms with E-state index in [0.29, 0.717) is 18.5 Å². The molecule has 1 heterocycles. The van der Waals surface area contributed by atoms with Crippen LogP contribution in [0.15, 0.2) is 12.3 Å². The molecule has 4 nitrogen and oxygen atoms in total. The molecule has 0 amide bonds. The van der Waals surface area contributed by atoms with E-state index in [0.717, 1.165) is 24.5 Å². The van der Waals surface area contributed by atoms with Gasteiger partial charge in [0, 0.05) is 12.7 Å². The van der Waals surface area contributed by atoms with Gasteiger partial charge in [-0.05, 0) is 37.2 Å². The Hall–Kier alpha value is -1.16. The summed E-state index contributed by atoms with van der Waals surface area (Å²) < 4.78 is 5.84. The van der Waals surface area contributed by atoms with E-state index in [1.54, 1.807) is 6.20 Å². The number of rotatable bonds is 3. The fourth-order valence-corrected chi connectivity index (χ4v) is 2.30. The van der Waals surface area contributed by atoms with Crippen LogP contribution < -0.4 is 10.5 Å². The third kappa shape index (κ3) is 3.16. The molecule has 0 aromatic carbocycles. The Morgan fingerprint density at radius 1 is 1.35 bits per heavy atom. The molecular weight excluding hydrogens is 214 g/mol. The van der Waals surface area contributed by atoms with Crippen LogP contribution in [0.4, 0.5) is 0 Å². The summed E-state index contributed by atoms with van der Waals surface area (Å²) in [5, 5.41) is 0. The Kier molecular flexibility index (Phi) is 3.94. The monoisotopic (exact) mass is 235 g/mol. The van der Waals surface area contributed by atoms with E-state index in [1.807, 2.05) is 6.07 Å². The molecular formula is C13H21N3O. The number of hydrogen-bond donors (Lipinski definition) is 1. The zero-order chi connectivity index (χ0) is 12.3. The molecule has 4 heteroatoms. The zero-order valence-electron chi connectivity index (χ0n) is 10.6. The molecule has 1 aliphatic rings. The molecule has 1 fully saturated rings. The topological polar surface area (TPSA) is 61.0 Å². The highest BCUT2D eigenvalue weighted by Gasteiger charge is 2.26. The molecule has 17 heavy (non-hydrogen) atoms. The van der Waals surface area contributed by atoms with E-state index in [2.05, 4.69) is 23.8 Å². The van der Waals surface area contributed by atoms with E-state index in [4.69, 9.17) is 10.5 Å². The average Bonchev–Trinajstić information content (AvgIpc) is 2.34. The van der Waals surface area contributed by atoms with Gasteiger partial charge in [-0.1, -0.05) is 13.8 Å². The standard InChI is InChI=1S/C13H21N3O/c1-9-3-4-12(7-10(9)2)17-13-15-6-5-11(8-14)16-13/h5-6,9-10,12H,3-4,7-8,14H2,1-2H3. The van der Waals surface area contributed by atoms with Gasteiger partial charge in [-0.15, -0.1) is 0 Å². The number of hydrogen-bond acceptors (Lipinski definition) is 4. The quantitative estimate of drug-likeness (QED) is 0.872. The fourth-order valence-electron chi connectivity index (χ4n) is 2.30. The molecule has 1 aliphatic carbocycles. The highest BCUT2D eigenvalue weighted by atomic mass is 16.5. The first-order valence-corrected chi connectivity index (χ1v) is 6.37. The number of aromatic nitrogens is 2. The second-order valence-electron chi connectivity index (χ2n) is 5.04.